The van der Waals surface area contributed by atoms with Gasteiger partial charge in [-0.15, -0.1) is 0 Å². The van der Waals surface area contributed by atoms with E-state index in [4.69, 9.17) is 5.73 Å². The van der Waals surface area contributed by atoms with Gasteiger partial charge in [0.25, 0.3) is 0 Å². The third-order valence-corrected chi connectivity index (χ3v) is 1.82. The van der Waals surface area contributed by atoms with Crippen molar-refractivity contribution in [3.05, 3.63) is 35.1 Å². The maximum absolute atomic E-state index is 12.9. The van der Waals surface area contributed by atoms with Crippen molar-refractivity contribution in [2.75, 3.05) is 0 Å². The molecule has 0 aliphatic rings. The zero-order valence-corrected chi connectivity index (χ0v) is 7.40. The molecule has 14 heavy (non-hydrogen) atoms. The molecule has 0 radical (unpaired) electrons. The first-order chi connectivity index (χ1) is 6.34. The quantitative estimate of drug-likeness (QED) is 0.704. The second-order valence-electron chi connectivity index (χ2n) is 2.99. The smallest absolute Gasteiger partial charge is 0.324 e. The minimum absolute atomic E-state index is 0.225. The van der Waals surface area contributed by atoms with Crippen molar-refractivity contribution in [3.63, 3.8) is 0 Å². The molecule has 0 bridgehead atoms. The summed E-state index contributed by atoms with van der Waals surface area (Å²) in [5, 5.41) is 0. The topological polar surface area (TPSA) is 26.0 Å². The van der Waals surface area contributed by atoms with Crippen molar-refractivity contribution < 1.29 is 17.6 Å². The van der Waals surface area contributed by atoms with Crippen LogP contribution in [0.2, 0.25) is 0 Å². The number of rotatable bonds is 1. The highest BCUT2D eigenvalue weighted by Gasteiger charge is 2.37. The summed E-state index contributed by atoms with van der Waals surface area (Å²) in [6, 6.07) is 2.32. The van der Waals surface area contributed by atoms with Gasteiger partial charge in [0.1, 0.15) is 5.82 Å². The summed E-state index contributed by atoms with van der Waals surface area (Å²) >= 11 is 0. The maximum Gasteiger partial charge on any atom is 0.419 e. The predicted molar refractivity (Wildman–Crippen MR) is 44.0 cm³/mol. The summed E-state index contributed by atoms with van der Waals surface area (Å²) in [5.41, 5.74) is 3.82. The molecule has 0 saturated carbocycles. The molecule has 0 aliphatic carbocycles. The third kappa shape index (κ3) is 2.04. The third-order valence-electron chi connectivity index (χ3n) is 1.82. The second-order valence-corrected chi connectivity index (χ2v) is 2.99. The first-order valence-electron chi connectivity index (χ1n) is 3.95. The van der Waals surface area contributed by atoms with Crippen LogP contribution in [-0.2, 0) is 6.18 Å². The van der Waals surface area contributed by atoms with E-state index in [0.717, 1.165) is 6.07 Å². The van der Waals surface area contributed by atoms with Gasteiger partial charge in [0.15, 0.2) is 0 Å². The Kier molecular flexibility index (Phi) is 2.80. The fourth-order valence-corrected chi connectivity index (χ4v) is 1.22. The van der Waals surface area contributed by atoms with Crippen LogP contribution in [0, 0.1) is 5.82 Å². The van der Waals surface area contributed by atoms with E-state index in [0.29, 0.717) is 0 Å². The summed E-state index contributed by atoms with van der Waals surface area (Å²) in [7, 11) is 0. The average molecular weight is 207 g/mol. The van der Waals surface area contributed by atoms with E-state index >= 15 is 0 Å². The Balaban J connectivity index is 3.38. The number of hydrogen-bond acceptors (Lipinski definition) is 1. The van der Waals surface area contributed by atoms with Crippen molar-refractivity contribution in [1.29, 1.82) is 0 Å². The molecule has 0 saturated heterocycles. The highest BCUT2D eigenvalue weighted by Crippen LogP contribution is 2.35. The van der Waals surface area contributed by atoms with E-state index in [-0.39, 0.29) is 5.56 Å². The molecular formula is C9H9F4N. The van der Waals surface area contributed by atoms with Crippen LogP contribution in [0.5, 0.6) is 0 Å². The lowest BCUT2D eigenvalue weighted by molar-refractivity contribution is -0.140. The van der Waals surface area contributed by atoms with Crippen LogP contribution in [0.25, 0.3) is 0 Å². The molecule has 1 atom stereocenters. The molecule has 0 unspecified atom stereocenters. The average Bonchev–Trinajstić information content (AvgIpc) is 2.01. The van der Waals surface area contributed by atoms with Gasteiger partial charge < -0.3 is 5.73 Å². The summed E-state index contributed by atoms with van der Waals surface area (Å²) in [6.07, 6.45) is -4.70. The van der Waals surface area contributed by atoms with Crippen molar-refractivity contribution in [2.45, 2.75) is 19.1 Å². The second kappa shape index (κ2) is 3.57. The van der Waals surface area contributed by atoms with Crippen LogP contribution in [-0.4, -0.2) is 0 Å². The number of alkyl halides is 3. The summed E-state index contributed by atoms with van der Waals surface area (Å²) in [5.74, 6) is -1.28. The summed E-state index contributed by atoms with van der Waals surface area (Å²) in [6.45, 7) is 1.38. The first kappa shape index (κ1) is 11.0. The Hall–Kier alpha value is -1.10. The Morgan fingerprint density at radius 2 is 1.86 bits per heavy atom. The normalized spacial score (nSPS) is 14.1. The number of benzene rings is 1. The number of hydrogen-bond donors (Lipinski definition) is 1. The fraction of sp³-hybridized carbons (Fsp3) is 0.333. The van der Waals surface area contributed by atoms with Gasteiger partial charge in [0.05, 0.1) is 5.56 Å². The van der Waals surface area contributed by atoms with Gasteiger partial charge in [0.2, 0.25) is 0 Å². The molecule has 0 spiro atoms. The minimum atomic E-state index is -4.70. The van der Waals surface area contributed by atoms with Crippen LogP contribution in [0.1, 0.15) is 24.1 Å². The van der Waals surface area contributed by atoms with Crippen LogP contribution in [0.15, 0.2) is 18.2 Å². The summed E-state index contributed by atoms with van der Waals surface area (Å²) < 4.78 is 50.1. The molecule has 0 aromatic heterocycles. The van der Waals surface area contributed by atoms with E-state index in [9.17, 15) is 17.6 Å². The number of halogens is 4. The largest absolute Gasteiger partial charge is 0.419 e. The standard InChI is InChI=1S/C9H9F4N/c1-5(14)6-3-2-4-7(10)8(6)9(11,12)13/h2-5H,14H2,1H3/t5-/m1/s1. The van der Waals surface area contributed by atoms with Gasteiger partial charge in [0, 0.05) is 6.04 Å². The molecule has 0 aliphatic heterocycles. The molecule has 5 heteroatoms. The molecule has 0 heterocycles. The van der Waals surface area contributed by atoms with Crippen molar-refractivity contribution in [1.82, 2.24) is 0 Å². The zero-order valence-electron chi connectivity index (χ0n) is 7.40. The van der Waals surface area contributed by atoms with Crippen LogP contribution < -0.4 is 5.73 Å². The van der Waals surface area contributed by atoms with Gasteiger partial charge in [-0.3, -0.25) is 0 Å². The van der Waals surface area contributed by atoms with Gasteiger partial charge in [-0.05, 0) is 18.6 Å². The highest BCUT2D eigenvalue weighted by molar-refractivity contribution is 5.33. The van der Waals surface area contributed by atoms with Gasteiger partial charge in [-0.25, -0.2) is 4.39 Å². The van der Waals surface area contributed by atoms with E-state index in [1.54, 1.807) is 0 Å². The zero-order chi connectivity index (χ0) is 10.9. The lowest BCUT2D eigenvalue weighted by Gasteiger charge is -2.15. The molecule has 78 valence electrons. The lowest BCUT2D eigenvalue weighted by atomic mass is 10.0. The van der Waals surface area contributed by atoms with Crippen LogP contribution >= 0.6 is 0 Å². The number of nitrogens with two attached hydrogens (primary N) is 1. The highest BCUT2D eigenvalue weighted by atomic mass is 19.4. The maximum atomic E-state index is 12.9. The SMILES string of the molecule is C[C@@H](N)c1cccc(F)c1C(F)(F)F. The molecule has 1 aromatic rings. The Bertz CT molecular complexity index is 330. The first-order valence-corrected chi connectivity index (χ1v) is 3.95. The van der Waals surface area contributed by atoms with Crippen molar-refractivity contribution >= 4 is 0 Å². The molecule has 1 nitrogen and oxygen atoms in total. The van der Waals surface area contributed by atoms with Crippen LogP contribution in [0.4, 0.5) is 17.6 Å². The minimum Gasteiger partial charge on any atom is -0.324 e. The molecular weight excluding hydrogens is 198 g/mol. The molecule has 1 rings (SSSR count). The van der Waals surface area contributed by atoms with E-state index in [1.165, 1.54) is 19.1 Å². The lowest BCUT2D eigenvalue weighted by Crippen LogP contribution is -2.17. The van der Waals surface area contributed by atoms with Gasteiger partial charge >= 0.3 is 6.18 Å². The van der Waals surface area contributed by atoms with E-state index < -0.39 is 23.6 Å². The van der Waals surface area contributed by atoms with Gasteiger partial charge in [-0.2, -0.15) is 13.2 Å². The van der Waals surface area contributed by atoms with Crippen LogP contribution in [0.3, 0.4) is 0 Å². The monoisotopic (exact) mass is 207 g/mol. The molecule has 1 aromatic carbocycles. The molecule has 2 N–H and O–H groups in total. The molecule has 0 fully saturated rings. The predicted octanol–water partition coefficient (Wildman–Crippen LogP) is 2.86. The van der Waals surface area contributed by atoms with E-state index in [1.807, 2.05) is 0 Å². The summed E-state index contributed by atoms with van der Waals surface area (Å²) in [4.78, 5) is 0. The Morgan fingerprint density at radius 3 is 2.21 bits per heavy atom. The Labute approximate surface area is 78.5 Å². The Morgan fingerprint density at radius 1 is 1.29 bits per heavy atom. The van der Waals surface area contributed by atoms with E-state index in [2.05, 4.69) is 0 Å². The van der Waals surface area contributed by atoms with Crippen molar-refractivity contribution in [2.24, 2.45) is 5.73 Å². The van der Waals surface area contributed by atoms with Gasteiger partial charge in [-0.1, -0.05) is 12.1 Å². The fourth-order valence-electron chi connectivity index (χ4n) is 1.22. The molecule has 0 amide bonds. The van der Waals surface area contributed by atoms with Crippen molar-refractivity contribution in [3.8, 4) is 0 Å².